The molecule has 1 N–H and O–H groups in total. The van der Waals surface area contributed by atoms with Crippen molar-refractivity contribution >= 4 is 28.3 Å². The molecule has 0 bridgehead atoms. The topological polar surface area (TPSA) is 85.1 Å². The maximum absolute atomic E-state index is 13.0. The van der Waals surface area contributed by atoms with Crippen LogP contribution in [0.3, 0.4) is 0 Å². The molecule has 1 fully saturated rings. The average Bonchev–Trinajstić information content (AvgIpc) is 3.39. The first kappa shape index (κ1) is 20.9. The number of fused-ring (bicyclic) bond motifs is 1. The summed E-state index contributed by atoms with van der Waals surface area (Å²) in [5.74, 6) is 0.906. The molecule has 0 radical (unpaired) electrons. The van der Waals surface area contributed by atoms with Crippen LogP contribution in [0.25, 0.3) is 16.6 Å². The van der Waals surface area contributed by atoms with E-state index in [-0.39, 0.29) is 11.6 Å². The summed E-state index contributed by atoms with van der Waals surface area (Å²) in [6.07, 6.45) is 7.44. The highest BCUT2D eigenvalue weighted by molar-refractivity contribution is 5.92. The number of hydrogen-bond donors (Lipinski definition) is 1. The minimum absolute atomic E-state index is 0.104. The summed E-state index contributed by atoms with van der Waals surface area (Å²) in [6.45, 7) is 4.14. The van der Waals surface area contributed by atoms with Crippen LogP contribution >= 0.6 is 0 Å². The Hall–Kier alpha value is -3.94. The van der Waals surface area contributed by atoms with E-state index in [0.29, 0.717) is 25.3 Å². The van der Waals surface area contributed by atoms with Crippen LogP contribution in [0, 0.1) is 6.92 Å². The van der Waals surface area contributed by atoms with Crippen molar-refractivity contribution in [3.8, 4) is 5.69 Å². The lowest BCUT2D eigenvalue weighted by Crippen LogP contribution is -2.28. The number of aryl methyl sites for hydroxylation is 2. The molecule has 8 nitrogen and oxygen atoms in total. The molecular formula is C25H26N6O2. The van der Waals surface area contributed by atoms with E-state index in [2.05, 4.69) is 21.4 Å². The third-order valence-electron chi connectivity index (χ3n) is 6.02. The predicted molar refractivity (Wildman–Crippen MR) is 128 cm³/mol. The van der Waals surface area contributed by atoms with Crippen LogP contribution in [0.4, 0.5) is 11.5 Å². The number of rotatable bonds is 7. The zero-order valence-electron chi connectivity index (χ0n) is 18.6. The molecule has 1 aliphatic rings. The lowest BCUT2D eigenvalue weighted by Gasteiger charge is -2.14. The molecule has 8 heteroatoms. The van der Waals surface area contributed by atoms with Gasteiger partial charge in [0.2, 0.25) is 5.91 Å². The molecule has 3 heterocycles. The van der Waals surface area contributed by atoms with Crippen LogP contribution in [0.1, 0.15) is 24.8 Å². The molecule has 5 rings (SSSR count). The number of likely N-dealkylation sites (tertiary alicyclic amines) is 1. The van der Waals surface area contributed by atoms with Crippen molar-refractivity contribution in [2.45, 2.75) is 32.7 Å². The Labute approximate surface area is 191 Å². The summed E-state index contributed by atoms with van der Waals surface area (Å²) in [5.41, 5.74) is 3.54. The van der Waals surface area contributed by atoms with E-state index in [9.17, 15) is 9.59 Å². The van der Waals surface area contributed by atoms with Gasteiger partial charge in [-0.15, -0.1) is 0 Å². The summed E-state index contributed by atoms with van der Waals surface area (Å²) < 4.78 is 3.32. The van der Waals surface area contributed by atoms with Gasteiger partial charge < -0.3 is 10.2 Å². The average molecular weight is 443 g/mol. The van der Waals surface area contributed by atoms with Crippen LogP contribution in [0.15, 0.2) is 66.0 Å². The van der Waals surface area contributed by atoms with Crippen molar-refractivity contribution in [2.24, 2.45) is 0 Å². The zero-order valence-corrected chi connectivity index (χ0v) is 18.6. The summed E-state index contributed by atoms with van der Waals surface area (Å²) >= 11 is 0. The molecule has 2 aromatic heterocycles. The Bertz CT molecular complexity index is 1370. The SMILES string of the molecule is Cc1cccc(Nc2ncnc3ccc(-n4ccn(CCCN5CCCC5=O)c4=O)cc23)c1. The lowest BCUT2D eigenvalue weighted by molar-refractivity contribution is -0.127. The van der Waals surface area contributed by atoms with Gasteiger partial charge in [-0.2, -0.15) is 0 Å². The molecule has 1 aliphatic heterocycles. The van der Waals surface area contributed by atoms with E-state index >= 15 is 0 Å². The van der Waals surface area contributed by atoms with Crippen molar-refractivity contribution in [2.75, 3.05) is 18.4 Å². The molecule has 168 valence electrons. The Morgan fingerprint density at radius 2 is 1.94 bits per heavy atom. The van der Waals surface area contributed by atoms with E-state index < -0.39 is 0 Å². The monoisotopic (exact) mass is 442 g/mol. The Kier molecular flexibility index (Phi) is 5.64. The molecule has 0 saturated carbocycles. The molecule has 0 spiro atoms. The van der Waals surface area contributed by atoms with Crippen molar-refractivity contribution in [3.63, 3.8) is 0 Å². The summed E-state index contributed by atoms with van der Waals surface area (Å²) in [4.78, 5) is 35.5. The number of nitrogens with zero attached hydrogens (tertiary/aromatic N) is 5. The summed E-state index contributed by atoms with van der Waals surface area (Å²) in [6, 6.07) is 13.8. The number of amides is 1. The van der Waals surface area contributed by atoms with Crippen LogP contribution in [0.5, 0.6) is 0 Å². The van der Waals surface area contributed by atoms with E-state index in [1.807, 2.05) is 48.2 Å². The Morgan fingerprint density at radius 1 is 1.03 bits per heavy atom. The summed E-state index contributed by atoms with van der Waals surface area (Å²) in [5, 5.41) is 4.21. The molecule has 1 amide bonds. The van der Waals surface area contributed by atoms with Crippen molar-refractivity contribution in [3.05, 3.63) is 77.2 Å². The van der Waals surface area contributed by atoms with Gasteiger partial charge in [0.05, 0.1) is 11.2 Å². The van der Waals surface area contributed by atoms with Gasteiger partial charge >= 0.3 is 5.69 Å². The van der Waals surface area contributed by atoms with Gasteiger partial charge in [-0.25, -0.2) is 14.8 Å². The van der Waals surface area contributed by atoms with Crippen molar-refractivity contribution < 1.29 is 4.79 Å². The molecule has 4 aromatic rings. The van der Waals surface area contributed by atoms with Gasteiger partial charge in [0.15, 0.2) is 0 Å². The second-order valence-electron chi connectivity index (χ2n) is 8.40. The molecule has 1 saturated heterocycles. The number of imidazole rings is 1. The molecule has 33 heavy (non-hydrogen) atoms. The van der Waals surface area contributed by atoms with Gasteiger partial charge in [-0.05, 0) is 55.7 Å². The molecular weight excluding hydrogens is 416 g/mol. The van der Waals surface area contributed by atoms with Gasteiger partial charge in [-0.1, -0.05) is 12.1 Å². The number of aromatic nitrogens is 4. The second-order valence-corrected chi connectivity index (χ2v) is 8.40. The highest BCUT2D eigenvalue weighted by atomic mass is 16.2. The fourth-order valence-corrected chi connectivity index (χ4v) is 4.31. The smallest absolute Gasteiger partial charge is 0.332 e. The molecule has 0 atom stereocenters. The van der Waals surface area contributed by atoms with Gasteiger partial charge in [0.1, 0.15) is 12.1 Å². The summed E-state index contributed by atoms with van der Waals surface area (Å²) in [7, 11) is 0. The van der Waals surface area contributed by atoms with E-state index in [1.54, 1.807) is 21.5 Å². The van der Waals surface area contributed by atoms with Crippen LogP contribution < -0.4 is 11.0 Å². The minimum atomic E-state index is -0.104. The highest BCUT2D eigenvalue weighted by Gasteiger charge is 2.19. The maximum Gasteiger partial charge on any atom is 0.332 e. The van der Waals surface area contributed by atoms with Crippen molar-refractivity contribution in [1.82, 2.24) is 24.0 Å². The van der Waals surface area contributed by atoms with Gasteiger partial charge in [0, 0.05) is 49.5 Å². The lowest BCUT2D eigenvalue weighted by atomic mass is 10.2. The van der Waals surface area contributed by atoms with Crippen LogP contribution in [-0.4, -0.2) is 43.0 Å². The highest BCUT2D eigenvalue weighted by Crippen LogP contribution is 2.25. The standard InChI is InChI=1S/C25H26N6O2/c1-18-5-2-6-19(15-18)28-24-21-16-20(8-9-22(21)26-17-27-24)31-14-13-30(25(31)33)12-4-11-29-10-3-7-23(29)32/h2,5-6,8-9,13-17H,3-4,7,10-12H2,1H3,(H,26,27,28). The maximum atomic E-state index is 13.0. The zero-order chi connectivity index (χ0) is 22.8. The first-order valence-corrected chi connectivity index (χ1v) is 11.2. The molecule has 0 aliphatic carbocycles. The van der Waals surface area contributed by atoms with Crippen LogP contribution in [-0.2, 0) is 11.3 Å². The van der Waals surface area contributed by atoms with Crippen LogP contribution in [0.2, 0.25) is 0 Å². The number of hydrogen-bond acceptors (Lipinski definition) is 5. The minimum Gasteiger partial charge on any atom is -0.343 e. The predicted octanol–water partition coefficient (Wildman–Crippen LogP) is 3.65. The van der Waals surface area contributed by atoms with E-state index in [1.165, 1.54) is 6.33 Å². The number of carbonyl (C=O) groups excluding carboxylic acids is 1. The third-order valence-corrected chi connectivity index (χ3v) is 6.02. The van der Waals surface area contributed by atoms with Gasteiger partial charge in [0.25, 0.3) is 0 Å². The molecule has 2 aromatic carbocycles. The van der Waals surface area contributed by atoms with E-state index in [0.717, 1.165) is 47.2 Å². The normalized spacial score (nSPS) is 13.7. The first-order valence-electron chi connectivity index (χ1n) is 11.2. The number of nitrogens with one attached hydrogen (secondary N) is 1. The van der Waals surface area contributed by atoms with Crippen molar-refractivity contribution in [1.29, 1.82) is 0 Å². The Balaban J connectivity index is 1.38. The fourth-order valence-electron chi connectivity index (χ4n) is 4.31. The first-order chi connectivity index (χ1) is 16.1. The third kappa shape index (κ3) is 4.37. The number of anilines is 2. The Morgan fingerprint density at radius 3 is 2.76 bits per heavy atom. The van der Waals surface area contributed by atoms with Gasteiger partial charge in [-0.3, -0.25) is 13.9 Å². The number of benzene rings is 2. The quantitative estimate of drug-likeness (QED) is 0.472. The molecule has 0 unspecified atom stereocenters. The van der Waals surface area contributed by atoms with E-state index in [4.69, 9.17) is 0 Å². The second kappa shape index (κ2) is 8.90. The number of carbonyl (C=O) groups is 1. The fraction of sp³-hybridized carbons (Fsp3) is 0.280. The largest absolute Gasteiger partial charge is 0.343 e.